The molecule has 0 N–H and O–H groups in total. The van der Waals surface area contributed by atoms with Gasteiger partial charge in [0.15, 0.2) is 0 Å². The van der Waals surface area contributed by atoms with E-state index in [4.69, 9.17) is 16.6 Å². The van der Waals surface area contributed by atoms with Crippen molar-refractivity contribution < 1.29 is 4.79 Å². The first-order valence-corrected chi connectivity index (χ1v) is 14.6. The molecule has 1 aliphatic carbocycles. The zero-order chi connectivity index (χ0) is 26.6. The molecular formula is C33H32ClN3O2. The van der Waals surface area contributed by atoms with Crippen molar-refractivity contribution in [1.29, 1.82) is 0 Å². The Morgan fingerprint density at radius 1 is 0.974 bits per heavy atom. The number of carbonyl (C=O) groups excluding carboxylic acids is 1. The van der Waals surface area contributed by atoms with Crippen LogP contribution in [0.2, 0.25) is 5.02 Å². The fourth-order valence-electron chi connectivity index (χ4n) is 7.34. The van der Waals surface area contributed by atoms with E-state index < -0.39 is 0 Å². The van der Waals surface area contributed by atoms with E-state index in [-0.39, 0.29) is 11.0 Å². The van der Waals surface area contributed by atoms with Crippen LogP contribution < -0.4 is 5.56 Å². The molecular weight excluding hydrogens is 506 g/mol. The van der Waals surface area contributed by atoms with Crippen molar-refractivity contribution in [2.45, 2.75) is 62.8 Å². The fraction of sp³-hybridized carbons (Fsp3) is 0.364. The Morgan fingerprint density at radius 3 is 2.49 bits per heavy atom. The summed E-state index contributed by atoms with van der Waals surface area (Å²) in [4.78, 5) is 31.4. The second-order valence-electron chi connectivity index (χ2n) is 11.5. The van der Waals surface area contributed by atoms with Gasteiger partial charge in [0.1, 0.15) is 12.1 Å². The van der Waals surface area contributed by atoms with E-state index in [1.807, 2.05) is 24.3 Å². The number of fused-ring (bicyclic) bond motifs is 7. The normalized spacial score (nSPS) is 18.8. The summed E-state index contributed by atoms with van der Waals surface area (Å²) < 4.78 is 2.25. The monoisotopic (exact) mass is 537 g/mol. The summed E-state index contributed by atoms with van der Waals surface area (Å²) in [6, 6.07) is 20.7. The zero-order valence-electron chi connectivity index (χ0n) is 22.0. The Kier molecular flexibility index (Phi) is 6.17. The van der Waals surface area contributed by atoms with Gasteiger partial charge in [0.25, 0.3) is 5.56 Å². The van der Waals surface area contributed by atoms with E-state index >= 15 is 0 Å². The van der Waals surface area contributed by atoms with Gasteiger partial charge in [-0.25, -0.2) is 0 Å². The topological polar surface area (TPSA) is 55.2 Å². The number of hydrogen-bond acceptors (Lipinski definition) is 4. The molecule has 0 atom stereocenters. The van der Waals surface area contributed by atoms with E-state index in [1.165, 1.54) is 28.8 Å². The van der Waals surface area contributed by atoms with E-state index in [0.29, 0.717) is 16.3 Å². The number of benzene rings is 3. The molecule has 5 nitrogen and oxygen atoms in total. The first-order valence-electron chi connectivity index (χ1n) is 14.2. The summed E-state index contributed by atoms with van der Waals surface area (Å²) in [7, 11) is 0. The number of aromatic nitrogens is 2. The maximum absolute atomic E-state index is 13.2. The minimum atomic E-state index is -0.215. The van der Waals surface area contributed by atoms with Crippen molar-refractivity contribution >= 4 is 28.8 Å². The van der Waals surface area contributed by atoms with Crippen LogP contribution in [0.1, 0.15) is 83.7 Å². The molecule has 3 aromatic carbocycles. The van der Waals surface area contributed by atoms with Crippen LogP contribution in [0.5, 0.6) is 0 Å². The minimum absolute atomic E-state index is 0.190. The van der Waals surface area contributed by atoms with Gasteiger partial charge in [0.05, 0.1) is 27.0 Å². The van der Waals surface area contributed by atoms with Crippen LogP contribution in [0, 0.1) is 0 Å². The lowest BCUT2D eigenvalue weighted by molar-refractivity contribution is 0.112. The molecule has 1 saturated heterocycles. The van der Waals surface area contributed by atoms with Crippen molar-refractivity contribution in [2.75, 3.05) is 13.1 Å². The minimum Gasteiger partial charge on any atom is -0.299 e. The van der Waals surface area contributed by atoms with Gasteiger partial charge in [-0.15, -0.1) is 0 Å². The lowest BCUT2D eigenvalue weighted by atomic mass is 9.69. The first kappa shape index (κ1) is 24.7. The van der Waals surface area contributed by atoms with Gasteiger partial charge in [0, 0.05) is 12.1 Å². The number of hydrogen-bond donors (Lipinski definition) is 0. The summed E-state index contributed by atoms with van der Waals surface area (Å²) >= 11 is 6.53. The summed E-state index contributed by atoms with van der Waals surface area (Å²) in [5.74, 6) is 1.40. The summed E-state index contributed by atoms with van der Waals surface area (Å²) in [5, 5.41) is 0.984. The van der Waals surface area contributed by atoms with E-state index in [2.05, 4.69) is 39.8 Å². The van der Waals surface area contributed by atoms with Gasteiger partial charge in [-0.3, -0.25) is 19.1 Å². The Bertz CT molecular complexity index is 1630. The molecule has 4 aromatic rings. The van der Waals surface area contributed by atoms with Crippen LogP contribution in [0.25, 0.3) is 16.6 Å². The Labute approximate surface area is 233 Å². The second kappa shape index (κ2) is 9.72. The third-order valence-electron chi connectivity index (χ3n) is 9.36. The second-order valence-corrected chi connectivity index (χ2v) is 11.9. The highest BCUT2D eigenvalue weighted by Gasteiger charge is 2.46. The Morgan fingerprint density at radius 2 is 1.74 bits per heavy atom. The van der Waals surface area contributed by atoms with Gasteiger partial charge in [-0.2, -0.15) is 4.98 Å². The number of nitrogens with zero attached hydrogens (tertiary/aromatic N) is 3. The molecule has 1 aromatic heterocycles. The van der Waals surface area contributed by atoms with Crippen LogP contribution >= 0.6 is 11.6 Å². The summed E-state index contributed by atoms with van der Waals surface area (Å²) in [6.07, 6.45) is 8.72. The molecule has 2 fully saturated rings. The molecule has 39 heavy (non-hydrogen) atoms. The molecule has 7 rings (SSSR count). The van der Waals surface area contributed by atoms with Gasteiger partial charge in [-0.05, 0) is 79.6 Å². The zero-order valence-corrected chi connectivity index (χ0v) is 22.8. The Hall–Kier alpha value is -3.28. The highest BCUT2D eigenvalue weighted by atomic mass is 35.5. The molecule has 2 aliphatic heterocycles. The molecule has 3 heterocycles. The average molecular weight is 538 g/mol. The maximum Gasteiger partial charge on any atom is 0.282 e. The number of halogens is 1. The smallest absolute Gasteiger partial charge is 0.282 e. The van der Waals surface area contributed by atoms with Crippen molar-refractivity contribution in [3.05, 3.63) is 104 Å². The summed E-state index contributed by atoms with van der Waals surface area (Å²) in [5.41, 5.74) is 6.31. The first-order chi connectivity index (χ1) is 19.1. The largest absolute Gasteiger partial charge is 0.299 e. The number of aldehydes is 1. The van der Waals surface area contributed by atoms with Crippen LogP contribution in [0.15, 0.2) is 65.5 Å². The van der Waals surface area contributed by atoms with Gasteiger partial charge >= 0.3 is 0 Å². The number of rotatable bonds is 4. The molecule has 3 aliphatic rings. The van der Waals surface area contributed by atoms with Crippen molar-refractivity contribution in [2.24, 2.45) is 0 Å². The molecule has 0 amide bonds. The van der Waals surface area contributed by atoms with E-state index in [9.17, 15) is 9.59 Å². The molecule has 198 valence electrons. The highest BCUT2D eigenvalue weighted by molar-refractivity contribution is 6.35. The van der Waals surface area contributed by atoms with Crippen LogP contribution in [0.4, 0.5) is 0 Å². The average Bonchev–Trinajstić information content (AvgIpc) is 3.22. The highest BCUT2D eigenvalue weighted by Crippen LogP contribution is 2.52. The third-order valence-corrected chi connectivity index (χ3v) is 9.67. The lowest BCUT2D eigenvalue weighted by Gasteiger charge is -2.34. The SMILES string of the molecule is O=Cc1ccc(CN2CCC(c3ccc4c(c3)-n3c(nc(=O)c5c(Cl)cccc53)C43CCCCC3)CC2)cc1. The molecule has 1 spiro atoms. The Balaban J connectivity index is 1.22. The van der Waals surface area contributed by atoms with Gasteiger partial charge in [0.2, 0.25) is 0 Å². The molecule has 1 saturated carbocycles. The van der Waals surface area contributed by atoms with Crippen molar-refractivity contribution in [1.82, 2.24) is 14.5 Å². The lowest BCUT2D eigenvalue weighted by Crippen LogP contribution is -2.32. The van der Waals surface area contributed by atoms with E-state index in [1.54, 1.807) is 6.07 Å². The quantitative estimate of drug-likeness (QED) is 0.269. The van der Waals surface area contributed by atoms with Crippen molar-refractivity contribution in [3.8, 4) is 5.69 Å². The number of carbonyl (C=O) groups is 1. The van der Waals surface area contributed by atoms with Gasteiger partial charge < -0.3 is 0 Å². The van der Waals surface area contributed by atoms with Crippen LogP contribution in [0.3, 0.4) is 0 Å². The standard InChI is InChI=1S/C33H32ClN3O2/c34-27-5-4-6-28-30(27)31(39)35-32-33(15-2-1-3-16-33)26-12-11-25(19-29(26)37(28)32)24-13-17-36(18-14-24)20-22-7-9-23(21-38)10-8-22/h4-12,19,21,24H,1-3,13-18,20H2. The number of piperidine rings is 1. The number of likely N-dealkylation sites (tertiary alicyclic amines) is 1. The fourth-order valence-corrected chi connectivity index (χ4v) is 7.59. The maximum atomic E-state index is 13.2. The van der Waals surface area contributed by atoms with Crippen molar-refractivity contribution in [3.63, 3.8) is 0 Å². The predicted molar refractivity (Wildman–Crippen MR) is 155 cm³/mol. The molecule has 0 bridgehead atoms. The van der Waals surface area contributed by atoms with Crippen LogP contribution in [-0.2, 0) is 12.0 Å². The molecule has 6 heteroatoms. The van der Waals surface area contributed by atoms with Crippen LogP contribution in [-0.4, -0.2) is 33.8 Å². The predicted octanol–water partition coefficient (Wildman–Crippen LogP) is 6.79. The van der Waals surface area contributed by atoms with Gasteiger partial charge in [-0.1, -0.05) is 73.3 Å². The van der Waals surface area contributed by atoms with E-state index in [0.717, 1.165) is 81.3 Å². The third kappa shape index (κ3) is 4.06. The molecule has 0 radical (unpaired) electrons. The molecule has 0 unspecified atom stereocenters. The summed E-state index contributed by atoms with van der Waals surface area (Å²) in [6.45, 7) is 3.01.